The van der Waals surface area contributed by atoms with Crippen LogP contribution >= 0.6 is 11.6 Å². The van der Waals surface area contributed by atoms with E-state index >= 15 is 0 Å². The zero-order chi connectivity index (χ0) is 19.8. The maximum Gasteiger partial charge on any atom is 0.351 e. The van der Waals surface area contributed by atoms with Gasteiger partial charge < -0.3 is 9.15 Å². The molecule has 2 aromatic carbocycles. The molecule has 2 aromatic heterocycles. The average molecular weight is 394 g/mol. The van der Waals surface area contributed by atoms with E-state index in [1.54, 1.807) is 24.3 Å². The molecule has 28 heavy (non-hydrogen) atoms. The summed E-state index contributed by atoms with van der Waals surface area (Å²) in [5.74, 6) is -0.768. The van der Waals surface area contributed by atoms with Crippen molar-refractivity contribution in [3.8, 4) is 0 Å². The van der Waals surface area contributed by atoms with Crippen molar-refractivity contribution in [2.45, 2.75) is 20.5 Å². The molecule has 0 radical (unpaired) electrons. The van der Waals surface area contributed by atoms with Crippen molar-refractivity contribution in [1.82, 2.24) is 4.98 Å². The van der Waals surface area contributed by atoms with Crippen molar-refractivity contribution < 1.29 is 13.9 Å². The predicted molar refractivity (Wildman–Crippen MR) is 108 cm³/mol. The van der Waals surface area contributed by atoms with Crippen LogP contribution in [0.1, 0.15) is 27.0 Å². The van der Waals surface area contributed by atoms with Gasteiger partial charge in [-0.1, -0.05) is 41.9 Å². The van der Waals surface area contributed by atoms with Crippen molar-refractivity contribution in [3.05, 3.63) is 86.4 Å². The summed E-state index contributed by atoms with van der Waals surface area (Å²) >= 11 is 6.28. The number of pyridine rings is 1. The summed E-state index contributed by atoms with van der Waals surface area (Å²) in [6, 6.07) is 14.2. The van der Waals surface area contributed by atoms with Crippen LogP contribution in [0, 0.1) is 13.8 Å². The zero-order valence-corrected chi connectivity index (χ0v) is 16.0. The average Bonchev–Trinajstić information content (AvgIpc) is 2.69. The van der Waals surface area contributed by atoms with Gasteiger partial charge in [-0.15, -0.1) is 0 Å². The van der Waals surface area contributed by atoms with Crippen LogP contribution in [0.4, 0.5) is 0 Å². The number of fused-ring (bicyclic) bond motifs is 2. The minimum absolute atomic E-state index is 0.0974. The van der Waals surface area contributed by atoms with Crippen LogP contribution in [0.15, 0.2) is 57.7 Å². The molecule has 2 heterocycles. The van der Waals surface area contributed by atoms with Crippen LogP contribution in [0.2, 0.25) is 5.15 Å². The molecule has 4 aromatic rings. The number of aryl methyl sites for hydroxylation is 2. The standard InChI is InChI=1S/C22H16ClNO4/c1-12-7-8-15-9-16(20(23)24-19(15)13(12)2)11-27-21(25)17-10-14-5-3-4-6-18(14)28-22(17)26/h3-10H,11H2,1-2H3. The van der Waals surface area contributed by atoms with E-state index in [0.717, 1.165) is 22.0 Å². The Morgan fingerprint density at radius 1 is 1.11 bits per heavy atom. The first-order valence-electron chi connectivity index (χ1n) is 8.69. The normalized spacial score (nSPS) is 11.1. The van der Waals surface area contributed by atoms with Gasteiger partial charge in [0.15, 0.2) is 0 Å². The van der Waals surface area contributed by atoms with E-state index in [1.165, 1.54) is 6.07 Å². The molecule has 0 aliphatic rings. The molecule has 0 aliphatic carbocycles. The quantitative estimate of drug-likeness (QED) is 0.279. The summed E-state index contributed by atoms with van der Waals surface area (Å²) in [6.45, 7) is 3.90. The van der Waals surface area contributed by atoms with Crippen molar-refractivity contribution in [2.75, 3.05) is 0 Å². The highest BCUT2D eigenvalue weighted by molar-refractivity contribution is 6.30. The predicted octanol–water partition coefficient (Wildman–Crippen LogP) is 4.97. The number of ether oxygens (including phenoxy) is 1. The van der Waals surface area contributed by atoms with Crippen LogP contribution in [-0.4, -0.2) is 11.0 Å². The van der Waals surface area contributed by atoms with Crippen LogP contribution in [0.3, 0.4) is 0 Å². The molecule has 0 aliphatic heterocycles. The van der Waals surface area contributed by atoms with E-state index in [2.05, 4.69) is 4.98 Å². The molecule has 0 saturated carbocycles. The molecule has 5 nitrogen and oxygen atoms in total. The molecular weight excluding hydrogens is 378 g/mol. The van der Waals surface area contributed by atoms with Crippen LogP contribution < -0.4 is 5.63 Å². The summed E-state index contributed by atoms with van der Waals surface area (Å²) in [7, 11) is 0. The lowest BCUT2D eigenvalue weighted by Crippen LogP contribution is -2.16. The Hall–Kier alpha value is -3.18. The van der Waals surface area contributed by atoms with Gasteiger partial charge in [-0.2, -0.15) is 0 Å². The topological polar surface area (TPSA) is 69.4 Å². The van der Waals surface area contributed by atoms with Crippen LogP contribution in [0.5, 0.6) is 0 Å². The first-order chi connectivity index (χ1) is 13.4. The minimum atomic E-state index is -0.768. The third-order valence-corrected chi connectivity index (χ3v) is 5.09. The van der Waals surface area contributed by atoms with Gasteiger partial charge in [0.1, 0.15) is 22.9 Å². The summed E-state index contributed by atoms with van der Waals surface area (Å²) < 4.78 is 10.5. The number of nitrogens with zero attached hydrogens (tertiary/aromatic N) is 1. The lowest BCUT2D eigenvalue weighted by atomic mass is 10.0. The number of aromatic nitrogens is 1. The fraction of sp³-hybridized carbons (Fsp3) is 0.136. The molecule has 140 valence electrons. The lowest BCUT2D eigenvalue weighted by molar-refractivity contribution is 0.0468. The maximum atomic E-state index is 12.4. The molecule has 0 fully saturated rings. The second-order valence-corrected chi connectivity index (χ2v) is 6.94. The van der Waals surface area contributed by atoms with Gasteiger partial charge in [-0.05, 0) is 43.2 Å². The van der Waals surface area contributed by atoms with Crippen molar-refractivity contribution in [3.63, 3.8) is 0 Å². The second kappa shape index (κ2) is 7.09. The van der Waals surface area contributed by atoms with Gasteiger partial charge in [0.05, 0.1) is 5.52 Å². The summed E-state index contributed by atoms with van der Waals surface area (Å²) in [5.41, 5.74) is 3.07. The molecule has 0 unspecified atom stereocenters. The number of carbonyl (C=O) groups is 1. The smallest absolute Gasteiger partial charge is 0.351 e. The van der Waals surface area contributed by atoms with Crippen molar-refractivity contribution in [1.29, 1.82) is 0 Å². The highest BCUT2D eigenvalue weighted by Crippen LogP contribution is 2.25. The van der Waals surface area contributed by atoms with Crippen LogP contribution in [-0.2, 0) is 11.3 Å². The Morgan fingerprint density at radius 2 is 1.89 bits per heavy atom. The molecule has 0 saturated heterocycles. The van der Waals surface area contributed by atoms with Crippen molar-refractivity contribution in [2.24, 2.45) is 0 Å². The monoisotopic (exact) mass is 393 g/mol. The highest BCUT2D eigenvalue weighted by atomic mass is 35.5. The largest absolute Gasteiger partial charge is 0.457 e. The Bertz CT molecular complexity index is 1290. The number of rotatable bonds is 3. The number of carbonyl (C=O) groups excluding carboxylic acids is 1. The SMILES string of the molecule is Cc1ccc2cc(COC(=O)c3cc4ccccc4oc3=O)c(Cl)nc2c1C. The number of para-hydroxylation sites is 1. The Balaban J connectivity index is 1.62. The van der Waals surface area contributed by atoms with E-state index in [-0.39, 0.29) is 17.3 Å². The Morgan fingerprint density at radius 3 is 2.71 bits per heavy atom. The van der Waals surface area contributed by atoms with E-state index in [9.17, 15) is 9.59 Å². The molecule has 0 spiro atoms. The minimum Gasteiger partial charge on any atom is -0.457 e. The zero-order valence-electron chi connectivity index (χ0n) is 15.3. The Kier molecular flexibility index (Phi) is 4.61. The second-order valence-electron chi connectivity index (χ2n) is 6.58. The highest BCUT2D eigenvalue weighted by Gasteiger charge is 2.17. The first kappa shape index (κ1) is 18.2. The molecule has 6 heteroatoms. The number of hydrogen-bond donors (Lipinski definition) is 0. The summed E-state index contributed by atoms with van der Waals surface area (Å²) in [4.78, 5) is 28.9. The number of benzene rings is 2. The summed E-state index contributed by atoms with van der Waals surface area (Å²) in [6.07, 6.45) is 0. The molecule has 4 rings (SSSR count). The van der Waals surface area contributed by atoms with Gasteiger partial charge in [0.2, 0.25) is 0 Å². The molecular formula is C22H16ClNO4. The number of esters is 1. The fourth-order valence-electron chi connectivity index (χ4n) is 3.03. The molecule has 0 N–H and O–H groups in total. The van der Waals surface area contributed by atoms with E-state index in [4.69, 9.17) is 20.8 Å². The van der Waals surface area contributed by atoms with Gasteiger partial charge in [0, 0.05) is 16.3 Å². The maximum absolute atomic E-state index is 12.4. The van der Waals surface area contributed by atoms with Gasteiger partial charge in [-0.25, -0.2) is 14.6 Å². The molecule has 0 atom stereocenters. The van der Waals surface area contributed by atoms with E-state index in [1.807, 2.05) is 32.0 Å². The summed E-state index contributed by atoms with van der Waals surface area (Å²) in [5, 5.41) is 1.81. The van der Waals surface area contributed by atoms with Gasteiger partial charge in [-0.3, -0.25) is 0 Å². The van der Waals surface area contributed by atoms with Gasteiger partial charge in [0.25, 0.3) is 0 Å². The molecule has 0 amide bonds. The first-order valence-corrected chi connectivity index (χ1v) is 9.07. The molecule has 0 bridgehead atoms. The third-order valence-electron chi connectivity index (χ3n) is 4.76. The van der Waals surface area contributed by atoms with Crippen LogP contribution in [0.25, 0.3) is 21.9 Å². The Labute approximate surface area is 165 Å². The third kappa shape index (κ3) is 3.25. The van der Waals surface area contributed by atoms with E-state index < -0.39 is 11.6 Å². The fourth-order valence-corrected chi connectivity index (χ4v) is 3.22. The van der Waals surface area contributed by atoms with Crippen molar-refractivity contribution >= 4 is 39.4 Å². The number of halogens is 1. The lowest BCUT2D eigenvalue weighted by Gasteiger charge is -2.10. The van der Waals surface area contributed by atoms with E-state index in [0.29, 0.717) is 16.5 Å². The number of hydrogen-bond acceptors (Lipinski definition) is 5. The van der Waals surface area contributed by atoms with Gasteiger partial charge >= 0.3 is 11.6 Å².